The maximum atomic E-state index is 10.1. The number of nitrogens with two attached hydrogens (primary N) is 1. The van der Waals surface area contributed by atoms with E-state index in [9.17, 15) is 5.11 Å². The second-order valence-electron chi connectivity index (χ2n) is 5.16. The van der Waals surface area contributed by atoms with Crippen molar-refractivity contribution in [1.29, 1.82) is 0 Å². The maximum absolute atomic E-state index is 10.1. The Morgan fingerprint density at radius 1 is 1.22 bits per heavy atom. The van der Waals surface area contributed by atoms with Crippen molar-refractivity contribution < 1.29 is 9.84 Å². The minimum atomic E-state index is -0.604. The molecule has 0 aromatic heterocycles. The van der Waals surface area contributed by atoms with Crippen LogP contribution >= 0.6 is 0 Å². The zero-order valence-corrected chi connectivity index (χ0v) is 11.6. The molecule has 3 heteroatoms. The Balaban J connectivity index is 2.60. The van der Waals surface area contributed by atoms with Crippen LogP contribution in [-0.4, -0.2) is 17.8 Å². The van der Waals surface area contributed by atoms with Gasteiger partial charge in [0.1, 0.15) is 5.75 Å². The van der Waals surface area contributed by atoms with Crippen LogP contribution in [0.5, 0.6) is 5.75 Å². The van der Waals surface area contributed by atoms with Gasteiger partial charge >= 0.3 is 0 Å². The lowest BCUT2D eigenvalue weighted by Gasteiger charge is -2.21. The van der Waals surface area contributed by atoms with Gasteiger partial charge < -0.3 is 15.6 Å². The highest BCUT2D eigenvalue weighted by Crippen LogP contribution is 2.22. The van der Waals surface area contributed by atoms with Gasteiger partial charge in [-0.05, 0) is 36.5 Å². The van der Waals surface area contributed by atoms with E-state index in [1.54, 1.807) is 0 Å². The summed E-state index contributed by atoms with van der Waals surface area (Å²) in [6.07, 6.45) is 1.20. The second kappa shape index (κ2) is 7.39. The van der Waals surface area contributed by atoms with Crippen LogP contribution in [0.2, 0.25) is 0 Å². The SMILES string of the molecule is CCCOc1ccc(C(O)C(N)CC(C)C)cc1. The average Bonchev–Trinajstić information content (AvgIpc) is 2.35. The minimum Gasteiger partial charge on any atom is -0.494 e. The molecule has 1 aromatic rings. The summed E-state index contributed by atoms with van der Waals surface area (Å²) in [5.74, 6) is 1.33. The molecule has 1 rings (SSSR count). The van der Waals surface area contributed by atoms with E-state index in [1.165, 1.54) is 0 Å². The van der Waals surface area contributed by atoms with Crippen molar-refractivity contribution in [3.8, 4) is 5.75 Å². The zero-order valence-electron chi connectivity index (χ0n) is 11.6. The molecule has 2 atom stereocenters. The van der Waals surface area contributed by atoms with Gasteiger partial charge in [0.05, 0.1) is 12.7 Å². The van der Waals surface area contributed by atoms with Gasteiger partial charge in [-0.3, -0.25) is 0 Å². The Hall–Kier alpha value is -1.06. The van der Waals surface area contributed by atoms with Gasteiger partial charge in [0.15, 0.2) is 0 Å². The van der Waals surface area contributed by atoms with Crippen molar-refractivity contribution >= 4 is 0 Å². The molecule has 0 saturated carbocycles. The van der Waals surface area contributed by atoms with Crippen molar-refractivity contribution in [2.75, 3.05) is 6.61 Å². The van der Waals surface area contributed by atoms with Gasteiger partial charge in [-0.15, -0.1) is 0 Å². The first-order valence-corrected chi connectivity index (χ1v) is 6.71. The largest absolute Gasteiger partial charge is 0.494 e. The number of ether oxygens (including phenoxy) is 1. The molecule has 0 saturated heterocycles. The topological polar surface area (TPSA) is 55.5 Å². The summed E-state index contributed by atoms with van der Waals surface area (Å²) < 4.78 is 5.50. The third-order valence-electron chi connectivity index (χ3n) is 2.84. The van der Waals surface area contributed by atoms with E-state index in [-0.39, 0.29) is 6.04 Å². The molecule has 2 unspecified atom stereocenters. The van der Waals surface area contributed by atoms with Gasteiger partial charge in [0, 0.05) is 6.04 Å². The third-order valence-corrected chi connectivity index (χ3v) is 2.84. The molecule has 0 spiro atoms. The number of hydrogen-bond acceptors (Lipinski definition) is 3. The smallest absolute Gasteiger partial charge is 0.119 e. The summed E-state index contributed by atoms with van der Waals surface area (Å²) in [6, 6.07) is 7.32. The normalized spacial score (nSPS) is 14.6. The second-order valence-corrected chi connectivity index (χ2v) is 5.16. The quantitative estimate of drug-likeness (QED) is 0.783. The molecular weight excluding hydrogens is 226 g/mol. The van der Waals surface area contributed by atoms with E-state index in [4.69, 9.17) is 10.5 Å². The Bertz CT molecular complexity index is 335. The maximum Gasteiger partial charge on any atom is 0.119 e. The van der Waals surface area contributed by atoms with Crippen LogP contribution in [0.4, 0.5) is 0 Å². The predicted molar refractivity (Wildman–Crippen MR) is 74.6 cm³/mol. The van der Waals surface area contributed by atoms with E-state index in [2.05, 4.69) is 20.8 Å². The highest BCUT2D eigenvalue weighted by Gasteiger charge is 2.17. The highest BCUT2D eigenvalue weighted by atomic mass is 16.5. The van der Waals surface area contributed by atoms with Gasteiger partial charge in [-0.1, -0.05) is 32.9 Å². The van der Waals surface area contributed by atoms with Crippen LogP contribution in [0, 0.1) is 5.92 Å². The summed E-state index contributed by atoms with van der Waals surface area (Å²) in [5, 5.41) is 10.1. The molecule has 3 nitrogen and oxygen atoms in total. The number of rotatable bonds is 7. The lowest BCUT2D eigenvalue weighted by atomic mass is 9.95. The Morgan fingerprint density at radius 2 is 1.83 bits per heavy atom. The lowest BCUT2D eigenvalue weighted by molar-refractivity contribution is 0.136. The first kappa shape index (κ1) is 15.0. The number of benzene rings is 1. The average molecular weight is 251 g/mol. The molecule has 0 aliphatic rings. The Labute approximate surface area is 110 Å². The summed E-state index contributed by atoms with van der Waals surface area (Å²) in [7, 11) is 0. The third kappa shape index (κ3) is 4.67. The van der Waals surface area contributed by atoms with E-state index in [1.807, 2.05) is 24.3 Å². The molecule has 0 heterocycles. The first-order chi connectivity index (χ1) is 8.54. The zero-order chi connectivity index (χ0) is 13.5. The van der Waals surface area contributed by atoms with Crippen LogP contribution in [0.15, 0.2) is 24.3 Å². The standard InChI is InChI=1S/C15H25NO2/c1-4-9-18-13-7-5-12(6-8-13)15(17)14(16)10-11(2)3/h5-8,11,14-15,17H,4,9-10,16H2,1-3H3. The van der Waals surface area contributed by atoms with Crippen LogP contribution in [0.3, 0.4) is 0 Å². The van der Waals surface area contributed by atoms with E-state index >= 15 is 0 Å². The first-order valence-electron chi connectivity index (χ1n) is 6.71. The van der Waals surface area contributed by atoms with E-state index in [0.29, 0.717) is 5.92 Å². The van der Waals surface area contributed by atoms with E-state index < -0.39 is 6.10 Å². The summed E-state index contributed by atoms with van der Waals surface area (Å²) in [4.78, 5) is 0. The van der Waals surface area contributed by atoms with Crippen molar-refractivity contribution in [2.45, 2.75) is 45.8 Å². The number of hydrogen-bond donors (Lipinski definition) is 2. The molecule has 0 bridgehead atoms. The fourth-order valence-corrected chi connectivity index (χ4v) is 1.90. The molecule has 0 fully saturated rings. The summed E-state index contributed by atoms with van der Waals surface area (Å²) in [5.41, 5.74) is 6.84. The Morgan fingerprint density at radius 3 is 2.33 bits per heavy atom. The molecular formula is C15H25NO2. The molecule has 3 N–H and O–H groups in total. The van der Waals surface area contributed by atoms with Gasteiger partial charge in [0.2, 0.25) is 0 Å². The van der Waals surface area contributed by atoms with Crippen LogP contribution in [0.25, 0.3) is 0 Å². The number of aliphatic hydroxyl groups excluding tert-OH is 1. The highest BCUT2D eigenvalue weighted by molar-refractivity contribution is 5.29. The van der Waals surface area contributed by atoms with Crippen LogP contribution in [-0.2, 0) is 0 Å². The van der Waals surface area contributed by atoms with Crippen molar-refractivity contribution in [1.82, 2.24) is 0 Å². The lowest BCUT2D eigenvalue weighted by Crippen LogP contribution is -2.29. The van der Waals surface area contributed by atoms with Crippen molar-refractivity contribution in [3.63, 3.8) is 0 Å². The molecule has 18 heavy (non-hydrogen) atoms. The molecule has 0 aliphatic carbocycles. The van der Waals surface area contributed by atoms with Crippen LogP contribution < -0.4 is 10.5 Å². The molecule has 1 aromatic carbocycles. The van der Waals surface area contributed by atoms with Gasteiger partial charge in [-0.2, -0.15) is 0 Å². The fourth-order valence-electron chi connectivity index (χ4n) is 1.90. The summed E-state index contributed by atoms with van der Waals surface area (Å²) >= 11 is 0. The Kier molecular flexibility index (Phi) is 6.16. The molecule has 102 valence electrons. The minimum absolute atomic E-state index is 0.215. The van der Waals surface area contributed by atoms with Crippen LogP contribution in [0.1, 0.15) is 45.3 Å². The fraction of sp³-hybridized carbons (Fsp3) is 0.600. The van der Waals surface area contributed by atoms with Crippen molar-refractivity contribution in [3.05, 3.63) is 29.8 Å². The number of aliphatic hydroxyl groups is 1. The van der Waals surface area contributed by atoms with E-state index in [0.717, 1.165) is 30.8 Å². The molecule has 0 amide bonds. The monoisotopic (exact) mass is 251 g/mol. The van der Waals surface area contributed by atoms with Gasteiger partial charge in [0.25, 0.3) is 0 Å². The molecule has 0 aliphatic heterocycles. The van der Waals surface area contributed by atoms with Gasteiger partial charge in [-0.25, -0.2) is 0 Å². The molecule has 0 radical (unpaired) electrons. The predicted octanol–water partition coefficient (Wildman–Crippen LogP) is 2.88. The van der Waals surface area contributed by atoms with Crippen molar-refractivity contribution in [2.24, 2.45) is 11.7 Å². The summed E-state index contributed by atoms with van der Waals surface area (Å²) in [6.45, 7) is 7.00.